The van der Waals surface area contributed by atoms with Crippen molar-refractivity contribution in [1.82, 2.24) is 5.32 Å². The minimum absolute atomic E-state index is 0.558. The summed E-state index contributed by atoms with van der Waals surface area (Å²) in [5.74, 6) is -0.588. The molecular weight excluding hydrogens is 314 g/mol. The number of hydrogen-bond acceptors (Lipinski definition) is 5. The molecule has 1 fully saturated rings. The third-order valence-corrected chi connectivity index (χ3v) is 4.37. The van der Waals surface area contributed by atoms with Gasteiger partial charge in [0.2, 0.25) is 11.6 Å². The summed E-state index contributed by atoms with van der Waals surface area (Å²) < 4.78 is 0. The second-order valence-electron chi connectivity index (χ2n) is 6.16. The van der Waals surface area contributed by atoms with Gasteiger partial charge in [0.05, 0.1) is 0 Å². The smallest absolute Gasteiger partial charge is 0.208 e. The fourth-order valence-corrected chi connectivity index (χ4v) is 2.95. The lowest BCUT2D eigenvalue weighted by molar-refractivity contribution is -0.112. The largest absolute Gasteiger partial charge is 0.394 e. The van der Waals surface area contributed by atoms with Crippen LogP contribution in [-0.2, 0) is 9.59 Å². The van der Waals surface area contributed by atoms with Crippen LogP contribution in [0, 0.1) is 5.41 Å². The lowest BCUT2D eigenvalue weighted by Crippen LogP contribution is -2.20. The first-order chi connectivity index (χ1) is 12.1. The normalized spacial score (nSPS) is 15.4. The Balaban J connectivity index is 1.86. The van der Waals surface area contributed by atoms with Crippen LogP contribution in [0.4, 0.5) is 5.69 Å². The molecule has 3 N–H and O–H groups in total. The van der Waals surface area contributed by atoms with Crippen LogP contribution < -0.4 is 10.6 Å². The first kappa shape index (κ1) is 18.6. The second kappa shape index (κ2) is 9.57. The zero-order valence-corrected chi connectivity index (χ0v) is 14.5. The van der Waals surface area contributed by atoms with Crippen molar-refractivity contribution < 1.29 is 9.59 Å². The molecule has 0 aromatic heterocycles. The van der Waals surface area contributed by atoms with Gasteiger partial charge in [-0.1, -0.05) is 31.4 Å². The first-order valence-electron chi connectivity index (χ1n) is 8.66. The predicted molar refractivity (Wildman–Crippen MR) is 101 cm³/mol. The van der Waals surface area contributed by atoms with E-state index in [1.54, 1.807) is 7.05 Å². The SMILES string of the molecule is CN/C=C/C(=O)C(=N)C(=O)/C=C\Nc1ccc(C2CCCCC2)cc1. The molecule has 2 rings (SSSR count). The average molecular weight is 339 g/mol. The van der Waals surface area contributed by atoms with E-state index in [2.05, 4.69) is 22.8 Å². The molecule has 1 aromatic rings. The number of hydrogen-bond donors (Lipinski definition) is 3. The molecule has 0 heterocycles. The van der Waals surface area contributed by atoms with Crippen LogP contribution in [0.3, 0.4) is 0 Å². The van der Waals surface area contributed by atoms with Crippen molar-refractivity contribution >= 4 is 23.0 Å². The van der Waals surface area contributed by atoms with E-state index in [1.165, 1.54) is 56.1 Å². The Bertz CT molecular complexity index is 669. The number of anilines is 1. The molecule has 1 aliphatic carbocycles. The summed E-state index contributed by atoms with van der Waals surface area (Å²) in [5, 5.41) is 13.2. The average Bonchev–Trinajstić information content (AvgIpc) is 2.66. The number of benzene rings is 1. The van der Waals surface area contributed by atoms with Crippen molar-refractivity contribution in [1.29, 1.82) is 5.41 Å². The molecule has 0 radical (unpaired) electrons. The topological polar surface area (TPSA) is 82.1 Å². The number of carbonyl (C=O) groups is 2. The van der Waals surface area contributed by atoms with Crippen molar-refractivity contribution in [3.63, 3.8) is 0 Å². The molecule has 0 atom stereocenters. The summed E-state index contributed by atoms with van der Waals surface area (Å²) in [7, 11) is 1.64. The molecule has 0 unspecified atom stereocenters. The summed E-state index contributed by atoms with van der Waals surface area (Å²) >= 11 is 0. The van der Waals surface area contributed by atoms with E-state index in [9.17, 15) is 9.59 Å². The monoisotopic (exact) mass is 339 g/mol. The number of allylic oxidation sites excluding steroid dienone is 2. The summed E-state index contributed by atoms with van der Waals surface area (Å²) in [4.78, 5) is 23.3. The molecule has 5 nitrogen and oxygen atoms in total. The van der Waals surface area contributed by atoms with E-state index in [-0.39, 0.29) is 0 Å². The predicted octanol–water partition coefficient (Wildman–Crippen LogP) is 3.55. The fourth-order valence-electron chi connectivity index (χ4n) is 2.95. The van der Waals surface area contributed by atoms with Crippen LogP contribution in [0.15, 0.2) is 48.8 Å². The molecule has 1 aliphatic rings. The number of nitrogens with one attached hydrogen (secondary N) is 3. The highest BCUT2D eigenvalue weighted by Crippen LogP contribution is 2.32. The quantitative estimate of drug-likeness (QED) is 0.384. The molecule has 0 amide bonds. The summed E-state index contributed by atoms with van der Waals surface area (Å²) in [5.41, 5.74) is 1.68. The van der Waals surface area contributed by atoms with Crippen LogP contribution in [0.25, 0.3) is 0 Å². The van der Waals surface area contributed by atoms with Gasteiger partial charge in [-0.2, -0.15) is 0 Å². The van der Waals surface area contributed by atoms with Gasteiger partial charge in [-0.15, -0.1) is 0 Å². The molecular formula is C20H25N3O2. The minimum Gasteiger partial charge on any atom is -0.394 e. The molecule has 0 aliphatic heterocycles. The molecule has 5 heteroatoms. The minimum atomic E-state index is -0.628. The Morgan fingerprint density at radius 1 is 1.00 bits per heavy atom. The summed E-state index contributed by atoms with van der Waals surface area (Å²) in [6, 6.07) is 8.24. The number of rotatable bonds is 8. The van der Waals surface area contributed by atoms with E-state index >= 15 is 0 Å². The van der Waals surface area contributed by atoms with Crippen LogP contribution >= 0.6 is 0 Å². The molecule has 0 bridgehead atoms. The zero-order chi connectivity index (χ0) is 18.1. The van der Waals surface area contributed by atoms with Gasteiger partial charge in [0, 0.05) is 37.3 Å². The lowest BCUT2D eigenvalue weighted by atomic mass is 9.84. The van der Waals surface area contributed by atoms with Gasteiger partial charge in [-0.05, 0) is 36.5 Å². The van der Waals surface area contributed by atoms with Crippen LogP contribution in [-0.4, -0.2) is 24.3 Å². The van der Waals surface area contributed by atoms with E-state index in [0.29, 0.717) is 5.92 Å². The number of ketones is 2. The van der Waals surface area contributed by atoms with Crippen LogP contribution in [0.2, 0.25) is 0 Å². The van der Waals surface area contributed by atoms with Gasteiger partial charge in [0.15, 0.2) is 0 Å². The Labute approximate surface area is 148 Å². The van der Waals surface area contributed by atoms with Gasteiger partial charge in [-0.3, -0.25) is 15.0 Å². The lowest BCUT2D eigenvalue weighted by Gasteiger charge is -2.22. The van der Waals surface area contributed by atoms with Gasteiger partial charge in [-0.25, -0.2) is 0 Å². The van der Waals surface area contributed by atoms with Crippen LogP contribution in [0.5, 0.6) is 0 Å². The third-order valence-electron chi connectivity index (χ3n) is 4.37. The van der Waals surface area contributed by atoms with Gasteiger partial charge >= 0.3 is 0 Å². The highest BCUT2D eigenvalue weighted by Gasteiger charge is 2.15. The standard InChI is InChI=1S/C20H25N3O2/c1-22-13-11-18(24)20(21)19(25)12-14-23-17-9-7-16(8-10-17)15-5-3-2-4-6-15/h7-15,21-23H,2-6H2,1H3/b13-11+,14-12-,21-20?. The highest BCUT2D eigenvalue weighted by atomic mass is 16.1. The van der Waals surface area contributed by atoms with E-state index in [4.69, 9.17) is 5.41 Å². The first-order valence-corrected chi connectivity index (χ1v) is 8.66. The van der Waals surface area contributed by atoms with Crippen molar-refractivity contribution in [2.75, 3.05) is 12.4 Å². The Morgan fingerprint density at radius 2 is 1.60 bits per heavy atom. The van der Waals surface area contributed by atoms with E-state index in [0.717, 1.165) is 11.8 Å². The molecule has 0 spiro atoms. The molecule has 1 aromatic carbocycles. The summed E-state index contributed by atoms with van der Waals surface area (Å²) in [6.45, 7) is 0. The van der Waals surface area contributed by atoms with E-state index < -0.39 is 17.3 Å². The highest BCUT2D eigenvalue weighted by molar-refractivity contribution is 6.69. The maximum atomic E-state index is 11.8. The van der Waals surface area contributed by atoms with Gasteiger partial charge < -0.3 is 10.6 Å². The molecule has 0 saturated heterocycles. The van der Waals surface area contributed by atoms with Crippen molar-refractivity contribution in [2.24, 2.45) is 0 Å². The number of carbonyl (C=O) groups excluding carboxylic acids is 2. The Kier molecular flexibility index (Phi) is 7.14. The fraction of sp³-hybridized carbons (Fsp3) is 0.350. The van der Waals surface area contributed by atoms with Crippen LogP contribution in [0.1, 0.15) is 43.6 Å². The summed E-state index contributed by atoms with van der Waals surface area (Å²) in [6.07, 6.45) is 11.7. The maximum absolute atomic E-state index is 11.8. The molecule has 25 heavy (non-hydrogen) atoms. The van der Waals surface area contributed by atoms with E-state index in [1.807, 2.05) is 12.1 Å². The zero-order valence-electron chi connectivity index (χ0n) is 14.5. The molecule has 132 valence electrons. The van der Waals surface area contributed by atoms with Crippen molar-refractivity contribution in [3.05, 3.63) is 54.4 Å². The third kappa shape index (κ3) is 5.71. The van der Waals surface area contributed by atoms with Crippen molar-refractivity contribution in [3.8, 4) is 0 Å². The van der Waals surface area contributed by atoms with Crippen molar-refractivity contribution in [2.45, 2.75) is 38.0 Å². The Morgan fingerprint density at radius 3 is 2.20 bits per heavy atom. The molecule has 1 saturated carbocycles. The maximum Gasteiger partial charge on any atom is 0.208 e. The van der Waals surface area contributed by atoms with Gasteiger partial charge in [0.25, 0.3) is 0 Å². The van der Waals surface area contributed by atoms with Gasteiger partial charge in [0.1, 0.15) is 5.71 Å². The second-order valence-corrected chi connectivity index (χ2v) is 6.16. The Hall–Kier alpha value is -2.69.